The molecule has 7 heteroatoms. The molecule has 0 aromatic heterocycles. The van der Waals surface area contributed by atoms with Crippen LogP contribution in [-0.4, -0.2) is 73.4 Å². The van der Waals surface area contributed by atoms with E-state index in [1.165, 1.54) is 30.8 Å². The third-order valence-electron chi connectivity index (χ3n) is 7.09. The molecule has 2 heterocycles. The van der Waals surface area contributed by atoms with Crippen molar-refractivity contribution in [1.29, 1.82) is 0 Å². The number of hydrogen-bond acceptors (Lipinski definition) is 4. The predicted molar refractivity (Wildman–Crippen MR) is 118 cm³/mol. The first-order valence-electron chi connectivity index (χ1n) is 11.9. The second kappa shape index (κ2) is 9.50. The molecule has 0 aromatic rings. The summed E-state index contributed by atoms with van der Waals surface area (Å²) in [5.74, 6) is 1.86. The molecular weight excluding hydrogens is 378 g/mol. The number of carbonyl (C=O) groups is 2. The first-order chi connectivity index (χ1) is 14.6. The number of fused-ring (bicyclic) bond motifs is 5. The van der Waals surface area contributed by atoms with Gasteiger partial charge in [-0.05, 0) is 63.5 Å². The van der Waals surface area contributed by atoms with Crippen molar-refractivity contribution >= 4 is 17.8 Å². The number of allylic oxidation sites excluding steroid dienone is 2. The number of imide groups is 1. The van der Waals surface area contributed by atoms with Crippen molar-refractivity contribution in [2.75, 3.05) is 45.8 Å². The molecule has 7 nitrogen and oxygen atoms in total. The lowest BCUT2D eigenvalue weighted by Crippen LogP contribution is -2.40. The van der Waals surface area contributed by atoms with Gasteiger partial charge in [-0.25, -0.2) is 0 Å². The summed E-state index contributed by atoms with van der Waals surface area (Å²) in [4.78, 5) is 34.3. The molecule has 2 saturated heterocycles. The molecule has 166 valence electrons. The molecule has 5 atom stereocenters. The van der Waals surface area contributed by atoms with E-state index in [4.69, 9.17) is 4.99 Å². The topological polar surface area (TPSA) is 77.0 Å². The van der Waals surface area contributed by atoms with Crippen molar-refractivity contribution < 1.29 is 9.59 Å². The molecule has 2 aliphatic heterocycles. The summed E-state index contributed by atoms with van der Waals surface area (Å²) in [6.07, 6.45) is 8.66. The van der Waals surface area contributed by atoms with Crippen LogP contribution in [-0.2, 0) is 9.59 Å². The molecule has 1 saturated carbocycles. The Bertz CT molecular complexity index is 670. The molecule has 2 N–H and O–H groups in total. The Labute approximate surface area is 180 Å². The van der Waals surface area contributed by atoms with Gasteiger partial charge in [-0.15, -0.1) is 0 Å². The Kier molecular flexibility index (Phi) is 6.76. The standard InChI is InChI=1S/C23H37N5O2/c1-3-24-23(26-14-16(2)15-27-10-4-5-11-27)25-9-6-12-28-21(29)19-17-7-8-18(13-17)20(19)22(28)30/h7-8,16-20H,3-6,9-15H2,1-2H3,(H2,24,25,26). The summed E-state index contributed by atoms with van der Waals surface area (Å²) >= 11 is 0. The summed E-state index contributed by atoms with van der Waals surface area (Å²) in [6, 6.07) is 0. The van der Waals surface area contributed by atoms with E-state index in [-0.39, 0.29) is 35.5 Å². The predicted octanol–water partition coefficient (Wildman–Crippen LogP) is 1.47. The molecule has 2 amide bonds. The number of nitrogens with one attached hydrogen (secondary N) is 2. The van der Waals surface area contributed by atoms with Crippen LogP contribution in [0.4, 0.5) is 0 Å². The fraction of sp³-hybridized carbons (Fsp3) is 0.783. The summed E-state index contributed by atoms with van der Waals surface area (Å²) in [6.45, 7) is 10.7. The number of aliphatic imine (C=N–C) groups is 1. The van der Waals surface area contributed by atoms with Crippen molar-refractivity contribution in [2.24, 2.45) is 34.6 Å². The van der Waals surface area contributed by atoms with E-state index in [9.17, 15) is 9.59 Å². The van der Waals surface area contributed by atoms with Crippen LogP contribution < -0.4 is 10.6 Å². The Morgan fingerprint density at radius 2 is 1.80 bits per heavy atom. The average Bonchev–Trinajstić information content (AvgIpc) is 3.51. The van der Waals surface area contributed by atoms with Gasteiger partial charge in [-0.3, -0.25) is 19.5 Å². The number of nitrogens with zero attached hydrogens (tertiary/aromatic N) is 3. The number of carbonyl (C=O) groups excluding carboxylic acids is 2. The van der Waals surface area contributed by atoms with Gasteiger partial charge in [0.25, 0.3) is 0 Å². The molecule has 0 radical (unpaired) electrons. The Morgan fingerprint density at radius 1 is 1.13 bits per heavy atom. The highest BCUT2D eigenvalue weighted by atomic mass is 16.2. The number of amides is 2. The highest BCUT2D eigenvalue weighted by Crippen LogP contribution is 2.52. The van der Waals surface area contributed by atoms with E-state index in [1.807, 2.05) is 0 Å². The van der Waals surface area contributed by atoms with Crippen molar-refractivity contribution in [1.82, 2.24) is 20.4 Å². The van der Waals surface area contributed by atoms with Crippen LogP contribution in [0.2, 0.25) is 0 Å². The molecular formula is C23H37N5O2. The number of hydrogen-bond donors (Lipinski definition) is 2. The van der Waals surface area contributed by atoms with Crippen molar-refractivity contribution in [3.05, 3.63) is 12.2 Å². The zero-order valence-corrected chi connectivity index (χ0v) is 18.5. The van der Waals surface area contributed by atoms with Crippen LogP contribution in [0.15, 0.2) is 17.1 Å². The van der Waals surface area contributed by atoms with E-state index in [0.29, 0.717) is 19.0 Å². The minimum absolute atomic E-state index is 0.0539. The van der Waals surface area contributed by atoms with Crippen LogP contribution in [0.25, 0.3) is 0 Å². The van der Waals surface area contributed by atoms with Gasteiger partial charge in [0.05, 0.1) is 11.8 Å². The zero-order valence-electron chi connectivity index (χ0n) is 18.5. The third kappa shape index (κ3) is 4.41. The van der Waals surface area contributed by atoms with Gasteiger partial charge >= 0.3 is 0 Å². The Balaban J connectivity index is 1.20. The molecule has 5 unspecified atom stereocenters. The maximum absolute atomic E-state index is 12.7. The van der Waals surface area contributed by atoms with E-state index in [0.717, 1.165) is 38.4 Å². The Morgan fingerprint density at radius 3 is 2.43 bits per heavy atom. The molecule has 0 aromatic carbocycles. The molecule has 3 fully saturated rings. The maximum Gasteiger partial charge on any atom is 0.233 e. The van der Waals surface area contributed by atoms with Crippen molar-refractivity contribution in [3.63, 3.8) is 0 Å². The Hall–Kier alpha value is -1.89. The summed E-state index contributed by atoms with van der Waals surface area (Å²) in [7, 11) is 0. The number of guanidine groups is 1. The van der Waals surface area contributed by atoms with E-state index >= 15 is 0 Å². The van der Waals surface area contributed by atoms with Gasteiger partial charge in [0.2, 0.25) is 11.8 Å². The fourth-order valence-corrected chi connectivity index (χ4v) is 5.68. The highest BCUT2D eigenvalue weighted by Gasteiger charge is 2.58. The maximum atomic E-state index is 12.7. The minimum atomic E-state index is -0.0866. The lowest BCUT2D eigenvalue weighted by Gasteiger charge is -2.20. The van der Waals surface area contributed by atoms with Crippen LogP contribution in [0.1, 0.15) is 39.5 Å². The fourth-order valence-electron chi connectivity index (χ4n) is 5.68. The van der Waals surface area contributed by atoms with Crippen molar-refractivity contribution in [2.45, 2.75) is 39.5 Å². The quantitative estimate of drug-likeness (QED) is 0.196. The van der Waals surface area contributed by atoms with Crippen LogP contribution in [0, 0.1) is 29.6 Å². The van der Waals surface area contributed by atoms with Gasteiger partial charge < -0.3 is 15.5 Å². The monoisotopic (exact) mass is 415 g/mol. The highest BCUT2D eigenvalue weighted by molar-refractivity contribution is 6.06. The second-order valence-electron chi connectivity index (χ2n) is 9.44. The first kappa shape index (κ1) is 21.3. The lowest BCUT2D eigenvalue weighted by molar-refractivity contribution is -0.140. The smallest absolute Gasteiger partial charge is 0.233 e. The number of likely N-dealkylation sites (tertiary alicyclic amines) is 2. The molecule has 4 rings (SSSR count). The van der Waals surface area contributed by atoms with Gasteiger partial charge in [-0.1, -0.05) is 19.1 Å². The number of rotatable bonds is 9. The minimum Gasteiger partial charge on any atom is -0.357 e. The van der Waals surface area contributed by atoms with E-state index in [2.05, 4.69) is 41.5 Å². The molecule has 2 aliphatic carbocycles. The van der Waals surface area contributed by atoms with Gasteiger partial charge in [0.15, 0.2) is 5.96 Å². The molecule has 30 heavy (non-hydrogen) atoms. The van der Waals surface area contributed by atoms with Gasteiger partial charge in [0, 0.05) is 32.7 Å². The van der Waals surface area contributed by atoms with Crippen LogP contribution in [0.5, 0.6) is 0 Å². The van der Waals surface area contributed by atoms with E-state index < -0.39 is 0 Å². The zero-order chi connectivity index (χ0) is 21.1. The molecule has 0 spiro atoms. The largest absolute Gasteiger partial charge is 0.357 e. The van der Waals surface area contributed by atoms with E-state index in [1.54, 1.807) is 0 Å². The normalized spacial score (nSPS) is 31.7. The third-order valence-corrected chi connectivity index (χ3v) is 7.09. The van der Waals surface area contributed by atoms with Crippen molar-refractivity contribution in [3.8, 4) is 0 Å². The summed E-state index contributed by atoms with van der Waals surface area (Å²) < 4.78 is 0. The van der Waals surface area contributed by atoms with Gasteiger partial charge in [-0.2, -0.15) is 0 Å². The second-order valence-corrected chi connectivity index (χ2v) is 9.44. The molecule has 4 aliphatic rings. The molecule has 2 bridgehead atoms. The summed E-state index contributed by atoms with van der Waals surface area (Å²) in [5.41, 5.74) is 0. The van der Waals surface area contributed by atoms with Crippen LogP contribution in [0.3, 0.4) is 0 Å². The lowest BCUT2D eigenvalue weighted by atomic mass is 9.85. The summed E-state index contributed by atoms with van der Waals surface area (Å²) in [5, 5.41) is 6.67. The van der Waals surface area contributed by atoms with Gasteiger partial charge in [0.1, 0.15) is 0 Å². The SMILES string of the molecule is CCNC(=NCC(C)CN1CCCC1)NCCCN1C(=O)C2C3C=CC(C3)C2C1=O. The average molecular weight is 416 g/mol. The first-order valence-corrected chi connectivity index (χ1v) is 11.9. The van der Waals surface area contributed by atoms with Crippen LogP contribution >= 0.6 is 0 Å².